The molecule has 1 aliphatic heterocycles. The average molecular weight is 351 g/mol. The van der Waals surface area contributed by atoms with E-state index in [4.69, 9.17) is 4.74 Å². The van der Waals surface area contributed by atoms with Crippen LogP contribution in [0.3, 0.4) is 0 Å². The quantitative estimate of drug-likeness (QED) is 0.648. The van der Waals surface area contributed by atoms with Gasteiger partial charge in [0.25, 0.3) is 0 Å². The van der Waals surface area contributed by atoms with Crippen molar-refractivity contribution in [2.75, 3.05) is 43.5 Å². The lowest BCUT2D eigenvalue weighted by atomic mass is 10.1. The van der Waals surface area contributed by atoms with Gasteiger partial charge < -0.3 is 20.3 Å². The summed E-state index contributed by atoms with van der Waals surface area (Å²) in [4.78, 5) is 11.2. The molecule has 1 aromatic carbocycles. The fourth-order valence-electron chi connectivity index (χ4n) is 2.87. The first-order chi connectivity index (χ1) is 12.8. The number of methoxy groups -OCH3 is 1. The Hall–Kier alpha value is -3.13. The van der Waals surface area contributed by atoms with Crippen LogP contribution < -0.4 is 20.3 Å². The molecule has 2 aromatic heterocycles. The van der Waals surface area contributed by atoms with Crippen molar-refractivity contribution in [1.29, 1.82) is 0 Å². The molecule has 0 saturated carbocycles. The summed E-state index contributed by atoms with van der Waals surface area (Å²) >= 11 is 0. The Morgan fingerprint density at radius 3 is 2.65 bits per heavy atom. The number of benzene rings is 1. The van der Waals surface area contributed by atoms with Crippen molar-refractivity contribution in [2.24, 2.45) is 0 Å². The van der Waals surface area contributed by atoms with Crippen LogP contribution in [0.1, 0.15) is 0 Å². The number of hydrogen-bond donors (Lipinski definition) is 3. The van der Waals surface area contributed by atoms with Crippen molar-refractivity contribution in [2.45, 2.75) is 0 Å². The maximum atomic E-state index is 5.19. The standard InChI is InChI=1S/C18H21N7O/c1-26-14-4-2-13(3-5-14)15-12-17(24-23-15)21-16-6-7-20-18(22-16)25-10-8-19-9-11-25/h2-7,12,19H,8-11H2,1H3,(H2,20,21,22,23,24). The van der Waals surface area contributed by atoms with Crippen molar-refractivity contribution >= 4 is 17.6 Å². The Bertz CT molecular complexity index is 856. The van der Waals surface area contributed by atoms with Gasteiger partial charge in [0.05, 0.1) is 12.8 Å². The molecule has 3 N–H and O–H groups in total. The van der Waals surface area contributed by atoms with Crippen LogP contribution >= 0.6 is 0 Å². The van der Waals surface area contributed by atoms with Gasteiger partial charge in [0.15, 0.2) is 5.82 Å². The van der Waals surface area contributed by atoms with Crippen molar-refractivity contribution in [1.82, 2.24) is 25.5 Å². The lowest BCUT2D eigenvalue weighted by Crippen LogP contribution is -2.44. The van der Waals surface area contributed by atoms with Crippen LogP contribution in [0.2, 0.25) is 0 Å². The highest BCUT2D eigenvalue weighted by atomic mass is 16.5. The number of piperazine rings is 1. The number of nitrogens with one attached hydrogen (secondary N) is 3. The van der Waals surface area contributed by atoms with Gasteiger partial charge in [-0.2, -0.15) is 10.1 Å². The number of H-pyrrole nitrogens is 1. The number of nitrogens with zero attached hydrogens (tertiary/aromatic N) is 4. The molecule has 4 rings (SSSR count). The highest BCUT2D eigenvalue weighted by molar-refractivity contribution is 5.65. The molecule has 0 radical (unpaired) electrons. The lowest BCUT2D eigenvalue weighted by Gasteiger charge is -2.27. The fourth-order valence-corrected chi connectivity index (χ4v) is 2.87. The first kappa shape index (κ1) is 16.3. The van der Waals surface area contributed by atoms with Crippen LogP contribution in [0, 0.1) is 0 Å². The normalized spacial score (nSPS) is 14.3. The van der Waals surface area contributed by atoms with Gasteiger partial charge >= 0.3 is 0 Å². The summed E-state index contributed by atoms with van der Waals surface area (Å²) in [7, 11) is 1.66. The summed E-state index contributed by atoms with van der Waals surface area (Å²) in [6, 6.07) is 11.6. The maximum Gasteiger partial charge on any atom is 0.227 e. The van der Waals surface area contributed by atoms with E-state index >= 15 is 0 Å². The number of hydrogen-bond acceptors (Lipinski definition) is 7. The zero-order valence-corrected chi connectivity index (χ0v) is 14.6. The number of aromatic amines is 1. The molecule has 0 spiro atoms. The maximum absolute atomic E-state index is 5.19. The largest absolute Gasteiger partial charge is 0.497 e. The third kappa shape index (κ3) is 3.60. The summed E-state index contributed by atoms with van der Waals surface area (Å²) in [5.74, 6) is 3.00. The smallest absolute Gasteiger partial charge is 0.227 e. The average Bonchev–Trinajstić information content (AvgIpc) is 3.17. The zero-order valence-electron chi connectivity index (χ0n) is 14.6. The summed E-state index contributed by atoms with van der Waals surface area (Å²) in [5, 5.41) is 13.9. The second kappa shape index (κ2) is 7.40. The van der Waals surface area contributed by atoms with Crippen molar-refractivity contribution in [3.8, 4) is 17.0 Å². The molecular weight excluding hydrogens is 330 g/mol. The Balaban J connectivity index is 1.48. The van der Waals surface area contributed by atoms with Gasteiger partial charge in [-0.1, -0.05) is 0 Å². The monoisotopic (exact) mass is 351 g/mol. The molecule has 0 unspecified atom stereocenters. The predicted octanol–water partition coefficient (Wildman–Crippen LogP) is 2.03. The fraction of sp³-hybridized carbons (Fsp3) is 0.278. The van der Waals surface area contributed by atoms with Crippen LogP contribution in [-0.4, -0.2) is 53.5 Å². The number of anilines is 3. The van der Waals surface area contributed by atoms with Crippen LogP contribution in [0.15, 0.2) is 42.6 Å². The molecule has 0 aliphatic carbocycles. The minimum Gasteiger partial charge on any atom is -0.497 e. The van der Waals surface area contributed by atoms with Crippen molar-refractivity contribution < 1.29 is 4.74 Å². The molecule has 1 fully saturated rings. The number of rotatable bonds is 5. The first-order valence-electron chi connectivity index (χ1n) is 8.57. The summed E-state index contributed by atoms with van der Waals surface area (Å²) < 4.78 is 5.19. The topological polar surface area (TPSA) is 91.0 Å². The van der Waals surface area contributed by atoms with E-state index in [2.05, 4.69) is 35.7 Å². The lowest BCUT2D eigenvalue weighted by molar-refractivity contribution is 0.415. The Kier molecular flexibility index (Phi) is 4.65. The predicted molar refractivity (Wildman–Crippen MR) is 101 cm³/mol. The summed E-state index contributed by atoms with van der Waals surface area (Å²) in [6.45, 7) is 3.72. The van der Waals surface area contributed by atoms with Crippen LogP contribution in [0.4, 0.5) is 17.6 Å². The van der Waals surface area contributed by atoms with E-state index in [0.29, 0.717) is 5.82 Å². The van der Waals surface area contributed by atoms with Gasteiger partial charge in [-0.15, -0.1) is 0 Å². The van der Waals surface area contributed by atoms with E-state index in [1.807, 2.05) is 36.4 Å². The van der Waals surface area contributed by atoms with Crippen LogP contribution in [0.25, 0.3) is 11.3 Å². The summed E-state index contributed by atoms with van der Waals surface area (Å²) in [6.07, 6.45) is 1.77. The molecule has 3 aromatic rings. The van der Waals surface area contributed by atoms with E-state index in [9.17, 15) is 0 Å². The van der Waals surface area contributed by atoms with Gasteiger partial charge in [-0.05, 0) is 35.9 Å². The molecule has 3 heterocycles. The molecular formula is C18H21N7O. The van der Waals surface area contributed by atoms with Crippen molar-refractivity contribution in [3.05, 3.63) is 42.6 Å². The molecule has 1 aliphatic rings. The second-order valence-electron chi connectivity index (χ2n) is 6.00. The minimum absolute atomic E-state index is 0.709. The van der Waals surface area contributed by atoms with Gasteiger partial charge in [0, 0.05) is 38.4 Å². The SMILES string of the molecule is COc1ccc(-c2cc(Nc3ccnc(N4CCNCC4)n3)n[nH]2)cc1. The van der Waals surface area contributed by atoms with E-state index in [-0.39, 0.29) is 0 Å². The number of ether oxygens (including phenoxy) is 1. The zero-order chi connectivity index (χ0) is 17.8. The van der Waals surface area contributed by atoms with E-state index in [1.165, 1.54) is 0 Å². The Morgan fingerprint density at radius 2 is 1.88 bits per heavy atom. The molecule has 0 atom stereocenters. The van der Waals surface area contributed by atoms with Gasteiger partial charge in [-0.3, -0.25) is 5.10 Å². The molecule has 8 nitrogen and oxygen atoms in total. The van der Waals surface area contributed by atoms with Gasteiger partial charge in [0.2, 0.25) is 5.95 Å². The third-order valence-electron chi connectivity index (χ3n) is 4.28. The van der Waals surface area contributed by atoms with Gasteiger partial charge in [0.1, 0.15) is 11.6 Å². The molecule has 0 bridgehead atoms. The van der Waals surface area contributed by atoms with E-state index < -0.39 is 0 Å². The highest BCUT2D eigenvalue weighted by Crippen LogP contribution is 2.24. The van der Waals surface area contributed by atoms with Crippen LogP contribution in [-0.2, 0) is 0 Å². The Morgan fingerprint density at radius 1 is 1.08 bits per heavy atom. The molecule has 26 heavy (non-hydrogen) atoms. The molecule has 0 amide bonds. The molecule has 134 valence electrons. The first-order valence-corrected chi connectivity index (χ1v) is 8.57. The molecule has 1 saturated heterocycles. The van der Waals surface area contributed by atoms with E-state index in [1.54, 1.807) is 13.3 Å². The van der Waals surface area contributed by atoms with Crippen molar-refractivity contribution in [3.63, 3.8) is 0 Å². The minimum atomic E-state index is 0.709. The Labute approximate surface area is 151 Å². The second-order valence-corrected chi connectivity index (χ2v) is 6.00. The third-order valence-corrected chi connectivity index (χ3v) is 4.28. The van der Waals surface area contributed by atoms with E-state index in [0.717, 1.165) is 55.0 Å². The number of aromatic nitrogens is 4. The molecule has 8 heteroatoms. The van der Waals surface area contributed by atoms with Crippen LogP contribution in [0.5, 0.6) is 5.75 Å². The summed E-state index contributed by atoms with van der Waals surface area (Å²) in [5.41, 5.74) is 1.96. The van der Waals surface area contributed by atoms with Gasteiger partial charge in [-0.25, -0.2) is 4.98 Å². The highest BCUT2D eigenvalue weighted by Gasteiger charge is 2.13.